The predicted molar refractivity (Wildman–Crippen MR) is 117 cm³/mol. The Morgan fingerprint density at radius 3 is 2.62 bits per heavy atom. The molecule has 0 saturated heterocycles. The standard InChI is InChI=1S/C22H23F3N4O2S/c1-12(2)19-18-9-14-5-6-15(32-31-4)10-17(14)28(18)7-8-29(19)21-26-11-16(13(3)30)20(27-21)22(23,24)25/h5-6,9-12,19H,7-8H2,1-4H3. The summed E-state index contributed by atoms with van der Waals surface area (Å²) in [5.41, 5.74) is 0.339. The zero-order valence-electron chi connectivity index (χ0n) is 18.1. The third kappa shape index (κ3) is 3.97. The van der Waals surface area contributed by atoms with Crippen molar-refractivity contribution in [3.05, 3.63) is 47.4 Å². The molecular weight excluding hydrogens is 441 g/mol. The third-order valence-electron chi connectivity index (χ3n) is 5.60. The van der Waals surface area contributed by atoms with E-state index in [-0.39, 0.29) is 17.9 Å². The van der Waals surface area contributed by atoms with Crippen molar-refractivity contribution in [2.75, 3.05) is 18.6 Å². The summed E-state index contributed by atoms with van der Waals surface area (Å²) in [6.45, 7) is 6.14. The highest BCUT2D eigenvalue weighted by Crippen LogP contribution is 2.40. The molecule has 1 aromatic carbocycles. The van der Waals surface area contributed by atoms with Crippen LogP contribution in [0, 0.1) is 5.92 Å². The van der Waals surface area contributed by atoms with Crippen LogP contribution in [0.2, 0.25) is 0 Å². The normalized spacial score (nSPS) is 16.6. The molecule has 0 bridgehead atoms. The zero-order valence-corrected chi connectivity index (χ0v) is 18.9. The Morgan fingerprint density at radius 2 is 2.00 bits per heavy atom. The van der Waals surface area contributed by atoms with Crippen molar-refractivity contribution in [2.45, 2.75) is 44.4 Å². The number of nitrogens with zero attached hydrogens (tertiary/aromatic N) is 4. The first kappa shape index (κ1) is 22.6. The highest BCUT2D eigenvalue weighted by molar-refractivity contribution is 7.94. The van der Waals surface area contributed by atoms with E-state index in [2.05, 4.69) is 26.7 Å². The number of halogens is 3. The zero-order chi connectivity index (χ0) is 23.2. The van der Waals surface area contributed by atoms with Gasteiger partial charge in [-0.3, -0.25) is 4.79 Å². The van der Waals surface area contributed by atoms with Crippen LogP contribution in [-0.2, 0) is 16.9 Å². The van der Waals surface area contributed by atoms with Crippen LogP contribution < -0.4 is 4.90 Å². The van der Waals surface area contributed by atoms with Crippen molar-refractivity contribution in [1.82, 2.24) is 14.5 Å². The van der Waals surface area contributed by atoms with Crippen LogP contribution in [0.4, 0.5) is 19.1 Å². The Kier molecular flexibility index (Phi) is 5.93. The number of aromatic nitrogens is 3. The van der Waals surface area contributed by atoms with Gasteiger partial charge in [0.2, 0.25) is 5.95 Å². The molecule has 0 N–H and O–H groups in total. The smallest absolute Gasteiger partial charge is 0.341 e. The molecule has 1 unspecified atom stereocenters. The molecule has 1 aliphatic rings. The van der Waals surface area contributed by atoms with Gasteiger partial charge < -0.3 is 13.7 Å². The first-order chi connectivity index (χ1) is 15.1. The Morgan fingerprint density at radius 1 is 1.25 bits per heavy atom. The van der Waals surface area contributed by atoms with E-state index in [1.807, 2.05) is 30.9 Å². The Bertz CT molecular complexity index is 1180. The number of hydrogen-bond acceptors (Lipinski definition) is 6. The second-order valence-corrected chi connectivity index (χ2v) is 9.03. The fourth-order valence-electron chi connectivity index (χ4n) is 4.32. The minimum Gasteiger partial charge on any atom is -0.341 e. The fraction of sp³-hybridized carbons (Fsp3) is 0.409. The molecule has 0 radical (unpaired) electrons. The SMILES string of the molecule is COSc1ccc2cc3n(c2c1)CCN(c1ncc(C(C)=O)c(C(F)(F)F)n1)C3C(C)C. The lowest BCUT2D eigenvalue weighted by Gasteiger charge is -2.39. The third-order valence-corrected chi connectivity index (χ3v) is 6.22. The number of fused-ring (bicyclic) bond motifs is 3. The first-order valence-corrected chi connectivity index (χ1v) is 10.9. The first-order valence-electron chi connectivity index (χ1n) is 10.2. The van der Waals surface area contributed by atoms with Gasteiger partial charge >= 0.3 is 6.18 Å². The number of carbonyl (C=O) groups excluding carboxylic acids is 1. The van der Waals surface area contributed by atoms with E-state index in [0.717, 1.165) is 34.6 Å². The van der Waals surface area contributed by atoms with Crippen molar-refractivity contribution >= 4 is 34.7 Å². The van der Waals surface area contributed by atoms with Crippen molar-refractivity contribution in [3.63, 3.8) is 0 Å². The van der Waals surface area contributed by atoms with E-state index < -0.39 is 23.2 Å². The molecule has 4 rings (SSSR count). The second kappa shape index (κ2) is 8.40. The summed E-state index contributed by atoms with van der Waals surface area (Å²) in [6, 6.07) is 7.90. The molecule has 0 spiro atoms. The summed E-state index contributed by atoms with van der Waals surface area (Å²) < 4.78 is 48.2. The van der Waals surface area contributed by atoms with Crippen LogP contribution in [0.1, 0.15) is 48.6 Å². The maximum atomic E-state index is 13.6. The molecule has 0 saturated carbocycles. The molecule has 10 heteroatoms. The van der Waals surface area contributed by atoms with Gasteiger partial charge in [-0.05, 0) is 31.0 Å². The molecule has 3 heterocycles. The van der Waals surface area contributed by atoms with E-state index in [1.54, 1.807) is 7.11 Å². The van der Waals surface area contributed by atoms with Gasteiger partial charge in [-0.25, -0.2) is 9.97 Å². The average molecular weight is 465 g/mol. The van der Waals surface area contributed by atoms with E-state index >= 15 is 0 Å². The lowest BCUT2D eigenvalue weighted by atomic mass is 9.97. The highest BCUT2D eigenvalue weighted by Gasteiger charge is 2.39. The van der Waals surface area contributed by atoms with Crippen LogP contribution in [0.5, 0.6) is 0 Å². The summed E-state index contributed by atoms with van der Waals surface area (Å²) in [7, 11) is 1.61. The van der Waals surface area contributed by atoms with Gasteiger partial charge in [-0.1, -0.05) is 19.9 Å². The Labute approximate surface area is 188 Å². The lowest BCUT2D eigenvalue weighted by Crippen LogP contribution is -2.41. The molecule has 2 aromatic heterocycles. The minimum atomic E-state index is -4.74. The number of hydrogen-bond donors (Lipinski definition) is 0. The Balaban J connectivity index is 1.81. The molecule has 0 aliphatic carbocycles. The molecule has 32 heavy (non-hydrogen) atoms. The van der Waals surface area contributed by atoms with Gasteiger partial charge in [0.15, 0.2) is 11.5 Å². The quantitative estimate of drug-likeness (QED) is 0.366. The molecule has 170 valence electrons. The monoisotopic (exact) mass is 464 g/mol. The second-order valence-electron chi connectivity index (χ2n) is 8.06. The van der Waals surface area contributed by atoms with Crippen molar-refractivity contribution in [1.29, 1.82) is 0 Å². The summed E-state index contributed by atoms with van der Waals surface area (Å²) in [5, 5.41) is 1.05. The minimum absolute atomic E-state index is 0.0202. The summed E-state index contributed by atoms with van der Waals surface area (Å²) in [6.07, 6.45) is -3.75. The van der Waals surface area contributed by atoms with Crippen molar-refractivity contribution in [2.24, 2.45) is 5.92 Å². The number of ketones is 1. The number of alkyl halides is 3. The fourth-order valence-corrected chi connectivity index (χ4v) is 4.79. The van der Waals surface area contributed by atoms with E-state index in [4.69, 9.17) is 4.18 Å². The molecular formula is C22H23F3N4O2S. The summed E-state index contributed by atoms with van der Waals surface area (Å²) in [4.78, 5) is 22.5. The number of rotatable bonds is 5. The van der Waals surface area contributed by atoms with Crippen molar-refractivity contribution < 1.29 is 22.1 Å². The van der Waals surface area contributed by atoms with E-state index in [1.165, 1.54) is 12.0 Å². The molecule has 3 aromatic rings. The van der Waals surface area contributed by atoms with Crippen molar-refractivity contribution in [3.8, 4) is 0 Å². The number of Topliss-reactive ketones (excluding diaryl/α,β-unsaturated/α-hetero) is 1. The number of anilines is 1. The van der Waals surface area contributed by atoms with Crippen LogP contribution in [0.15, 0.2) is 35.4 Å². The molecule has 6 nitrogen and oxygen atoms in total. The van der Waals surface area contributed by atoms with Gasteiger partial charge in [0, 0.05) is 52.8 Å². The molecule has 1 atom stereocenters. The van der Waals surface area contributed by atoms with E-state index in [9.17, 15) is 18.0 Å². The number of carbonyl (C=O) groups is 1. The predicted octanol–water partition coefficient (Wildman–Crippen LogP) is 5.52. The topological polar surface area (TPSA) is 60.2 Å². The maximum absolute atomic E-state index is 13.6. The number of benzene rings is 1. The molecule has 1 aliphatic heterocycles. The molecule has 0 amide bonds. The van der Waals surface area contributed by atoms with Crippen LogP contribution in [-0.4, -0.2) is 34.0 Å². The van der Waals surface area contributed by atoms with Crippen LogP contribution >= 0.6 is 12.0 Å². The summed E-state index contributed by atoms with van der Waals surface area (Å²) in [5.74, 6) is -0.655. The van der Waals surface area contributed by atoms with Gasteiger partial charge in [0.05, 0.1) is 18.7 Å². The Hall–Kier alpha value is -2.59. The highest BCUT2D eigenvalue weighted by atomic mass is 32.2. The van der Waals surface area contributed by atoms with Gasteiger partial charge in [-0.2, -0.15) is 13.2 Å². The van der Waals surface area contributed by atoms with Crippen LogP contribution in [0.3, 0.4) is 0 Å². The van der Waals surface area contributed by atoms with E-state index in [0.29, 0.717) is 13.1 Å². The summed E-state index contributed by atoms with van der Waals surface area (Å²) >= 11 is 1.28. The maximum Gasteiger partial charge on any atom is 0.434 e. The largest absolute Gasteiger partial charge is 0.434 e. The van der Waals surface area contributed by atoms with Gasteiger partial charge in [0.1, 0.15) is 0 Å². The molecule has 0 fully saturated rings. The average Bonchev–Trinajstić information content (AvgIpc) is 3.10. The van der Waals surface area contributed by atoms with Gasteiger partial charge in [0.25, 0.3) is 0 Å². The van der Waals surface area contributed by atoms with Gasteiger partial charge in [-0.15, -0.1) is 0 Å². The van der Waals surface area contributed by atoms with Crippen LogP contribution in [0.25, 0.3) is 10.9 Å². The lowest BCUT2D eigenvalue weighted by molar-refractivity contribution is -0.141.